The van der Waals surface area contributed by atoms with Crippen LogP contribution < -0.4 is 0 Å². The zero-order valence-corrected chi connectivity index (χ0v) is 10.3. The topological polar surface area (TPSA) is 73.3 Å². The van der Waals surface area contributed by atoms with E-state index in [4.69, 9.17) is 11.6 Å². The molecule has 3 aromatic rings. The Balaban J connectivity index is 2.26. The molecule has 0 amide bonds. The first kappa shape index (κ1) is 11.6. The van der Waals surface area contributed by atoms with Crippen LogP contribution >= 0.6 is 11.6 Å². The molecule has 0 aliphatic rings. The maximum Gasteiger partial charge on any atom is 0.270 e. The minimum Gasteiger partial charge on any atom is -0.282 e. The number of benzene rings is 1. The van der Waals surface area contributed by atoms with Gasteiger partial charge < -0.3 is 0 Å². The molecule has 19 heavy (non-hydrogen) atoms. The molecule has 2 aromatic heterocycles. The highest BCUT2D eigenvalue weighted by Crippen LogP contribution is 2.30. The normalized spacial score (nSPS) is 10.8. The molecule has 2 heterocycles. The molecule has 0 N–H and O–H groups in total. The van der Waals surface area contributed by atoms with Crippen molar-refractivity contribution in [2.24, 2.45) is 0 Å². The first-order chi connectivity index (χ1) is 9.16. The van der Waals surface area contributed by atoms with Crippen molar-refractivity contribution < 1.29 is 4.92 Å². The van der Waals surface area contributed by atoms with E-state index < -0.39 is 4.92 Å². The van der Waals surface area contributed by atoms with Gasteiger partial charge in [-0.25, -0.2) is 0 Å². The van der Waals surface area contributed by atoms with Crippen molar-refractivity contribution in [3.8, 4) is 11.4 Å². The van der Waals surface area contributed by atoms with E-state index >= 15 is 0 Å². The van der Waals surface area contributed by atoms with Gasteiger partial charge in [-0.1, -0.05) is 17.7 Å². The number of aromatic nitrogens is 3. The van der Waals surface area contributed by atoms with Crippen LogP contribution in [0.2, 0.25) is 5.02 Å². The fourth-order valence-corrected chi connectivity index (χ4v) is 2.03. The van der Waals surface area contributed by atoms with E-state index in [0.717, 1.165) is 0 Å². The number of non-ortho nitro benzene ring substituents is 1. The van der Waals surface area contributed by atoms with Gasteiger partial charge in [-0.2, -0.15) is 0 Å². The van der Waals surface area contributed by atoms with Crippen LogP contribution in [-0.2, 0) is 0 Å². The lowest BCUT2D eigenvalue weighted by molar-refractivity contribution is -0.384. The number of rotatable bonds is 2. The van der Waals surface area contributed by atoms with Gasteiger partial charge in [0.05, 0.1) is 9.95 Å². The first-order valence-corrected chi connectivity index (χ1v) is 5.79. The summed E-state index contributed by atoms with van der Waals surface area (Å²) in [6.07, 6.45) is 1.78. The Morgan fingerprint density at radius 2 is 2.05 bits per heavy atom. The molecule has 7 heteroatoms. The van der Waals surface area contributed by atoms with Gasteiger partial charge in [0.15, 0.2) is 11.5 Å². The van der Waals surface area contributed by atoms with Crippen molar-refractivity contribution in [3.63, 3.8) is 0 Å². The van der Waals surface area contributed by atoms with E-state index in [1.807, 2.05) is 12.1 Å². The molecule has 0 radical (unpaired) electrons. The van der Waals surface area contributed by atoms with Crippen LogP contribution in [0.1, 0.15) is 0 Å². The fraction of sp³-hybridized carbons (Fsp3) is 0. The van der Waals surface area contributed by atoms with Gasteiger partial charge in [0.25, 0.3) is 5.69 Å². The molecule has 6 nitrogen and oxygen atoms in total. The highest BCUT2D eigenvalue weighted by molar-refractivity contribution is 6.33. The van der Waals surface area contributed by atoms with Gasteiger partial charge in [0, 0.05) is 23.9 Å². The van der Waals surface area contributed by atoms with Gasteiger partial charge in [-0.3, -0.25) is 14.5 Å². The number of nitro benzene ring substituents is 1. The molecule has 0 saturated heterocycles. The van der Waals surface area contributed by atoms with Gasteiger partial charge >= 0.3 is 0 Å². The Morgan fingerprint density at radius 1 is 1.21 bits per heavy atom. The van der Waals surface area contributed by atoms with Crippen LogP contribution in [0.4, 0.5) is 5.69 Å². The molecule has 3 rings (SSSR count). The Labute approximate surface area is 112 Å². The molecule has 0 unspecified atom stereocenters. The number of nitro groups is 1. The second-order valence-electron chi connectivity index (χ2n) is 3.87. The van der Waals surface area contributed by atoms with E-state index in [9.17, 15) is 10.1 Å². The summed E-state index contributed by atoms with van der Waals surface area (Å²) in [7, 11) is 0. The first-order valence-electron chi connectivity index (χ1n) is 5.41. The minimum atomic E-state index is -0.469. The number of pyridine rings is 1. The van der Waals surface area contributed by atoms with Crippen LogP contribution in [0.5, 0.6) is 0 Å². The van der Waals surface area contributed by atoms with Gasteiger partial charge in [0.1, 0.15) is 0 Å². The summed E-state index contributed by atoms with van der Waals surface area (Å²) in [6.45, 7) is 0. The summed E-state index contributed by atoms with van der Waals surface area (Å²) in [5.74, 6) is 0.476. The molecule has 0 spiro atoms. The van der Waals surface area contributed by atoms with E-state index in [-0.39, 0.29) is 5.69 Å². The van der Waals surface area contributed by atoms with Crippen molar-refractivity contribution in [2.45, 2.75) is 0 Å². The predicted molar refractivity (Wildman–Crippen MR) is 70.1 cm³/mol. The average molecular weight is 275 g/mol. The van der Waals surface area contributed by atoms with Crippen molar-refractivity contribution in [1.29, 1.82) is 0 Å². The lowest BCUT2D eigenvalue weighted by Gasteiger charge is -2.02. The molecular weight excluding hydrogens is 268 g/mol. The maximum absolute atomic E-state index is 10.8. The number of halogens is 1. The van der Waals surface area contributed by atoms with Crippen LogP contribution in [0, 0.1) is 10.1 Å². The van der Waals surface area contributed by atoms with Gasteiger partial charge in [-0.15, -0.1) is 10.2 Å². The average Bonchev–Trinajstić information content (AvgIpc) is 2.83. The van der Waals surface area contributed by atoms with Crippen molar-refractivity contribution in [2.75, 3.05) is 0 Å². The standard InChI is InChI=1S/C12H7ClN4O2/c13-10-5-4-8(17(18)19)7-9(10)12-15-14-11-3-1-2-6-16(11)12/h1-7H. The smallest absolute Gasteiger partial charge is 0.270 e. The number of hydrogen-bond donors (Lipinski definition) is 0. The predicted octanol–water partition coefficient (Wildman–Crippen LogP) is 2.96. The van der Waals surface area contributed by atoms with E-state index in [2.05, 4.69) is 10.2 Å². The molecule has 0 atom stereocenters. The van der Waals surface area contributed by atoms with Crippen LogP contribution in [0.3, 0.4) is 0 Å². The third kappa shape index (κ3) is 1.92. The second-order valence-corrected chi connectivity index (χ2v) is 4.28. The molecule has 0 aliphatic carbocycles. The summed E-state index contributed by atoms with van der Waals surface area (Å²) >= 11 is 6.09. The molecule has 0 fully saturated rings. The van der Waals surface area contributed by atoms with Crippen molar-refractivity contribution in [3.05, 3.63) is 57.7 Å². The summed E-state index contributed by atoms with van der Waals surface area (Å²) in [5, 5.41) is 19.2. The number of nitrogens with zero attached hydrogens (tertiary/aromatic N) is 4. The summed E-state index contributed by atoms with van der Waals surface area (Å²) < 4.78 is 1.73. The summed E-state index contributed by atoms with van der Waals surface area (Å²) in [6, 6.07) is 9.69. The Hall–Kier alpha value is -2.47. The zero-order chi connectivity index (χ0) is 13.4. The molecule has 0 saturated carbocycles. The lowest BCUT2D eigenvalue weighted by Crippen LogP contribution is -1.92. The van der Waals surface area contributed by atoms with Crippen LogP contribution in [0.25, 0.3) is 17.0 Å². The zero-order valence-electron chi connectivity index (χ0n) is 9.52. The van der Waals surface area contributed by atoms with Crippen LogP contribution in [-0.4, -0.2) is 19.5 Å². The second kappa shape index (κ2) is 4.33. The SMILES string of the molecule is O=[N+]([O-])c1ccc(Cl)c(-c2nnc3ccccn23)c1. The highest BCUT2D eigenvalue weighted by atomic mass is 35.5. The van der Waals surface area contributed by atoms with E-state index in [0.29, 0.717) is 22.1 Å². The third-order valence-corrected chi connectivity index (χ3v) is 3.04. The minimum absolute atomic E-state index is 0.0351. The monoisotopic (exact) mass is 274 g/mol. The number of hydrogen-bond acceptors (Lipinski definition) is 4. The van der Waals surface area contributed by atoms with Gasteiger partial charge in [-0.05, 0) is 18.2 Å². The molecular formula is C12H7ClN4O2. The maximum atomic E-state index is 10.8. The summed E-state index contributed by atoms with van der Waals surface area (Å²) in [5.41, 5.74) is 1.10. The van der Waals surface area contributed by atoms with Crippen molar-refractivity contribution >= 4 is 22.9 Å². The van der Waals surface area contributed by atoms with E-state index in [1.165, 1.54) is 18.2 Å². The van der Waals surface area contributed by atoms with Gasteiger partial charge in [0.2, 0.25) is 0 Å². The lowest BCUT2D eigenvalue weighted by atomic mass is 10.2. The molecule has 94 valence electrons. The molecule has 0 aliphatic heterocycles. The quantitative estimate of drug-likeness (QED) is 0.532. The molecule has 0 bridgehead atoms. The summed E-state index contributed by atoms with van der Waals surface area (Å²) in [4.78, 5) is 10.3. The highest BCUT2D eigenvalue weighted by Gasteiger charge is 2.15. The largest absolute Gasteiger partial charge is 0.282 e. The Morgan fingerprint density at radius 3 is 2.84 bits per heavy atom. The molecule has 1 aromatic carbocycles. The van der Waals surface area contributed by atoms with Crippen molar-refractivity contribution in [1.82, 2.24) is 14.6 Å². The Bertz CT molecular complexity index is 784. The number of fused-ring (bicyclic) bond motifs is 1. The third-order valence-electron chi connectivity index (χ3n) is 2.72. The van der Waals surface area contributed by atoms with Crippen LogP contribution in [0.15, 0.2) is 42.6 Å². The van der Waals surface area contributed by atoms with E-state index in [1.54, 1.807) is 16.7 Å². The fourth-order valence-electron chi connectivity index (χ4n) is 1.82. The Kier molecular flexibility index (Phi) is 2.64.